The molecular formula is C11H22O6. The van der Waals surface area contributed by atoms with Crippen molar-refractivity contribution < 1.29 is 30.6 Å². The van der Waals surface area contributed by atoms with Gasteiger partial charge in [0.05, 0.1) is 43.7 Å². The number of hydrogen-bond donors (Lipinski definition) is 6. The highest BCUT2D eigenvalue weighted by atomic mass is 16.3. The molecule has 0 heterocycles. The Labute approximate surface area is 100 Å². The van der Waals surface area contributed by atoms with Gasteiger partial charge in [-0.2, -0.15) is 0 Å². The van der Waals surface area contributed by atoms with E-state index in [1.165, 1.54) is 13.8 Å². The molecule has 6 heteroatoms. The van der Waals surface area contributed by atoms with Gasteiger partial charge in [0.2, 0.25) is 0 Å². The monoisotopic (exact) mass is 250 g/mol. The molecule has 0 saturated heterocycles. The van der Waals surface area contributed by atoms with Crippen LogP contribution in [-0.4, -0.2) is 62.7 Å². The van der Waals surface area contributed by atoms with E-state index in [1.54, 1.807) is 0 Å². The van der Waals surface area contributed by atoms with Crippen LogP contribution in [0.2, 0.25) is 0 Å². The molecule has 0 bridgehead atoms. The first-order valence-electron chi connectivity index (χ1n) is 5.41. The van der Waals surface area contributed by atoms with Gasteiger partial charge < -0.3 is 30.6 Å². The Morgan fingerprint density at radius 2 is 1.65 bits per heavy atom. The second-order valence-electron chi connectivity index (χ2n) is 4.54. The maximum absolute atomic E-state index is 9.75. The lowest BCUT2D eigenvalue weighted by atomic mass is 9.84. The zero-order valence-corrected chi connectivity index (χ0v) is 10.1. The first kappa shape index (κ1) is 16.3. The highest BCUT2D eigenvalue weighted by molar-refractivity contribution is 5.06. The Hall–Kier alpha value is -0.660. The fourth-order valence-electron chi connectivity index (χ4n) is 1.22. The number of hydrogen-bond acceptors (Lipinski definition) is 6. The topological polar surface area (TPSA) is 121 Å². The van der Waals surface area contributed by atoms with Crippen LogP contribution in [0.5, 0.6) is 0 Å². The van der Waals surface area contributed by atoms with Gasteiger partial charge in [-0.05, 0) is 13.0 Å². The Morgan fingerprint density at radius 1 is 1.18 bits per heavy atom. The summed E-state index contributed by atoms with van der Waals surface area (Å²) in [6, 6.07) is 0. The van der Waals surface area contributed by atoms with Gasteiger partial charge in [-0.25, -0.2) is 0 Å². The second kappa shape index (κ2) is 6.93. The van der Waals surface area contributed by atoms with E-state index in [-0.39, 0.29) is 5.76 Å². The van der Waals surface area contributed by atoms with Crippen LogP contribution in [0.3, 0.4) is 0 Å². The molecule has 0 rings (SSSR count). The van der Waals surface area contributed by atoms with Crippen LogP contribution in [-0.2, 0) is 0 Å². The van der Waals surface area contributed by atoms with E-state index in [2.05, 4.69) is 0 Å². The van der Waals surface area contributed by atoms with Crippen molar-refractivity contribution >= 4 is 0 Å². The third kappa shape index (κ3) is 4.25. The van der Waals surface area contributed by atoms with Gasteiger partial charge in [0, 0.05) is 5.41 Å². The SMILES string of the molecule is CC(O)C(CO)C(O)=CC(O)C(C)(CO)CO. The number of aliphatic hydroxyl groups excluding tert-OH is 6. The van der Waals surface area contributed by atoms with Crippen molar-refractivity contribution in [3.8, 4) is 0 Å². The minimum absolute atomic E-state index is 0.372. The van der Waals surface area contributed by atoms with Crippen molar-refractivity contribution in [3.63, 3.8) is 0 Å². The number of rotatable bonds is 7. The van der Waals surface area contributed by atoms with E-state index in [4.69, 9.17) is 15.3 Å². The third-order valence-corrected chi connectivity index (χ3v) is 2.92. The minimum atomic E-state index is -1.29. The molecule has 0 aliphatic rings. The molecule has 0 saturated carbocycles. The van der Waals surface area contributed by atoms with Crippen molar-refractivity contribution in [2.45, 2.75) is 26.1 Å². The first-order valence-corrected chi connectivity index (χ1v) is 5.41. The lowest BCUT2D eigenvalue weighted by Crippen LogP contribution is -2.38. The summed E-state index contributed by atoms with van der Waals surface area (Å²) in [4.78, 5) is 0. The highest BCUT2D eigenvalue weighted by Gasteiger charge is 2.32. The summed E-state index contributed by atoms with van der Waals surface area (Å²) < 4.78 is 0. The van der Waals surface area contributed by atoms with Crippen LogP contribution in [0.15, 0.2) is 11.8 Å². The van der Waals surface area contributed by atoms with E-state index in [0.717, 1.165) is 6.08 Å². The van der Waals surface area contributed by atoms with Gasteiger partial charge in [0.15, 0.2) is 0 Å². The summed E-state index contributed by atoms with van der Waals surface area (Å²) in [6.45, 7) is 1.44. The van der Waals surface area contributed by atoms with Crippen LogP contribution in [0.4, 0.5) is 0 Å². The fraction of sp³-hybridized carbons (Fsp3) is 0.818. The van der Waals surface area contributed by atoms with E-state index in [1.807, 2.05) is 0 Å². The quantitative estimate of drug-likeness (QED) is 0.315. The van der Waals surface area contributed by atoms with Gasteiger partial charge in [-0.1, -0.05) is 6.92 Å². The fourth-order valence-corrected chi connectivity index (χ4v) is 1.22. The smallest absolute Gasteiger partial charge is 0.0988 e. The molecule has 0 spiro atoms. The van der Waals surface area contributed by atoms with Crippen molar-refractivity contribution in [3.05, 3.63) is 11.8 Å². The van der Waals surface area contributed by atoms with E-state index in [0.29, 0.717) is 0 Å². The van der Waals surface area contributed by atoms with E-state index < -0.39 is 43.4 Å². The van der Waals surface area contributed by atoms with E-state index >= 15 is 0 Å². The normalized spacial score (nSPS) is 18.9. The van der Waals surface area contributed by atoms with Gasteiger partial charge in [-0.15, -0.1) is 0 Å². The molecule has 0 aromatic rings. The first-order chi connectivity index (χ1) is 7.82. The van der Waals surface area contributed by atoms with Gasteiger partial charge >= 0.3 is 0 Å². The molecule has 0 aliphatic carbocycles. The Kier molecular flexibility index (Phi) is 6.66. The van der Waals surface area contributed by atoms with Gasteiger partial charge in [0.1, 0.15) is 0 Å². The van der Waals surface area contributed by atoms with Crippen molar-refractivity contribution in [1.29, 1.82) is 0 Å². The largest absolute Gasteiger partial charge is 0.512 e. The summed E-state index contributed by atoms with van der Waals surface area (Å²) in [5, 5.41) is 55.7. The molecule has 0 fully saturated rings. The molecule has 3 unspecified atom stereocenters. The number of aliphatic hydroxyl groups is 6. The molecule has 0 aliphatic heterocycles. The summed E-state index contributed by atoms with van der Waals surface area (Å²) in [7, 11) is 0. The average molecular weight is 250 g/mol. The maximum Gasteiger partial charge on any atom is 0.0988 e. The van der Waals surface area contributed by atoms with Crippen molar-refractivity contribution in [1.82, 2.24) is 0 Å². The zero-order valence-electron chi connectivity index (χ0n) is 10.1. The lowest BCUT2D eigenvalue weighted by Gasteiger charge is -2.29. The molecular weight excluding hydrogens is 228 g/mol. The standard InChI is InChI=1S/C11H22O6/c1-7(15)8(4-12)9(16)3-10(17)11(2,5-13)6-14/h3,7-8,10,12-17H,4-6H2,1-2H3. The lowest BCUT2D eigenvalue weighted by molar-refractivity contribution is -0.0194. The average Bonchev–Trinajstić information content (AvgIpc) is 2.28. The Balaban J connectivity index is 4.88. The van der Waals surface area contributed by atoms with Crippen molar-refractivity contribution in [2.75, 3.05) is 19.8 Å². The minimum Gasteiger partial charge on any atom is -0.512 e. The highest BCUT2D eigenvalue weighted by Crippen LogP contribution is 2.23. The summed E-state index contributed by atoms with van der Waals surface area (Å²) in [6.07, 6.45) is -1.25. The molecule has 0 radical (unpaired) electrons. The van der Waals surface area contributed by atoms with E-state index in [9.17, 15) is 15.3 Å². The van der Waals surface area contributed by atoms with Crippen molar-refractivity contribution in [2.24, 2.45) is 11.3 Å². The van der Waals surface area contributed by atoms with Gasteiger partial charge in [-0.3, -0.25) is 0 Å². The Morgan fingerprint density at radius 3 is 1.94 bits per heavy atom. The van der Waals surface area contributed by atoms with Crippen LogP contribution in [0.25, 0.3) is 0 Å². The zero-order chi connectivity index (χ0) is 13.6. The van der Waals surface area contributed by atoms with Crippen LogP contribution in [0, 0.1) is 11.3 Å². The van der Waals surface area contributed by atoms with Crippen LogP contribution < -0.4 is 0 Å². The summed E-state index contributed by atoms with van der Waals surface area (Å²) in [5.41, 5.74) is -1.19. The molecule has 17 heavy (non-hydrogen) atoms. The predicted octanol–water partition coefficient (Wildman–Crippen LogP) is -1.23. The molecule has 6 N–H and O–H groups in total. The second-order valence-corrected chi connectivity index (χ2v) is 4.54. The maximum atomic E-state index is 9.75. The Bertz CT molecular complexity index is 246. The molecule has 0 amide bonds. The van der Waals surface area contributed by atoms with Crippen LogP contribution in [0.1, 0.15) is 13.8 Å². The van der Waals surface area contributed by atoms with Crippen LogP contribution >= 0.6 is 0 Å². The third-order valence-electron chi connectivity index (χ3n) is 2.92. The summed E-state index contributed by atoms with van der Waals surface area (Å²) >= 11 is 0. The molecule has 6 nitrogen and oxygen atoms in total. The van der Waals surface area contributed by atoms with Gasteiger partial charge in [0.25, 0.3) is 0 Å². The molecule has 102 valence electrons. The molecule has 0 aromatic carbocycles. The molecule has 0 aromatic heterocycles. The predicted molar refractivity (Wildman–Crippen MR) is 61.3 cm³/mol. The molecule has 3 atom stereocenters. The summed E-state index contributed by atoms with van der Waals surface area (Å²) in [5.74, 6) is -1.27.